The number of aromatic nitrogens is 3. The smallest absolute Gasteiger partial charge is 0.145 e. The van der Waals surface area contributed by atoms with Crippen molar-refractivity contribution in [2.45, 2.75) is 13.0 Å². The van der Waals surface area contributed by atoms with Crippen LogP contribution in [0.5, 0.6) is 0 Å². The van der Waals surface area contributed by atoms with Gasteiger partial charge < -0.3 is 10.7 Å². The van der Waals surface area contributed by atoms with Crippen LogP contribution < -0.4 is 5.73 Å². The maximum atomic E-state index is 5.64. The highest BCUT2D eigenvalue weighted by Gasteiger charge is 2.03. The number of nitrogens with two attached hydrogens (primary N) is 1. The summed E-state index contributed by atoms with van der Waals surface area (Å²) in [5.74, 6) is 0.683. The summed E-state index contributed by atoms with van der Waals surface area (Å²) in [6.45, 7) is 1.87. The maximum Gasteiger partial charge on any atom is 0.145 e. The van der Waals surface area contributed by atoms with Crippen molar-refractivity contribution in [3.63, 3.8) is 0 Å². The second-order valence-corrected chi connectivity index (χ2v) is 2.79. The summed E-state index contributed by atoms with van der Waals surface area (Å²) in [6, 6.07) is 1.80. The van der Waals surface area contributed by atoms with Gasteiger partial charge in [0, 0.05) is 6.20 Å². The highest BCUT2D eigenvalue weighted by Crippen LogP contribution is 2.10. The Morgan fingerprint density at radius 2 is 2.31 bits per heavy atom. The molecule has 4 nitrogen and oxygen atoms in total. The number of nitrogens with one attached hydrogen (secondary N) is 1. The minimum atomic E-state index is -0.107. The Kier molecular flexibility index (Phi) is 2.85. The Hall–Kier alpha value is -1.13. The Labute approximate surface area is 82.0 Å². The fourth-order valence-electron chi connectivity index (χ4n) is 1.08. The zero-order valence-corrected chi connectivity index (χ0v) is 8.01. The van der Waals surface area contributed by atoms with E-state index in [0.717, 1.165) is 11.0 Å². The van der Waals surface area contributed by atoms with Gasteiger partial charge in [-0.15, -0.1) is 12.4 Å². The topological polar surface area (TPSA) is 67.6 Å². The molecule has 0 spiro atoms. The molecule has 0 radical (unpaired) electrons. The van der Waals surface area contributed by atoms with Crippen LogP contribution in [0.2, 0.25) is 0 Å². The van der Waals surface area contributed by atoms with E-state index in [0.29, 0.717) is 5.82 Å². The third kappa shape index (κ3) is 1.79. The van der Waals surface area contributed by atoms with Gasteiger partial charge in [0.2, 0.25) is 0 Å². The molecule has 1 atom stereocenters. The van der Waals surface area contributed by atoms with Gasteiger partial charge in [0.1, 0.15) is 5.82 Å². The van der Waals surface area contributed by atoms with Crippen LogP contribution in [0.25, 0.3) is 11.0 Å². The van der Waals surface area contributed by atoms with Gasteiger partial charge in [-0.1, -0.05) is 0 Å². The van der Waals surface area contributed by atoms with Gasteiger partial charge in [0.05, 0.1) is 23.3 Å². The van der Waals surface area contributed by atoms with E-state index in [4.69, 9.17) is 5.73 Å². The molecule has 0 aliphatic rings. The highest BCUT2D eigenvalue weighted by atomic mass is 35.5. The average Bonchev–Trinajstić information content (AvgIpc) is 2.49. The zero-order chi connectivity index (χ0) is 8.55. The quantitative estimate of drug-likeness (QED) is 0.728. The molecule has 0 amide bonds. The van der Waals surface area contributed by atoms with Crippen LogP contribution in [0.1, 0.15) is 18.8 Å². The van der Waals surface area contributed by atoms with Crippen molar-refractivity contribution in [3.05, 3.63) is 24.3 Å². The summed E-state index contributed by atoms with van der Waals surface area (Å²) < 4.78 is 0. The number of nitrogens with zero attached hydrogens (tertiary/aromatic N) is 2. The Balaban J connectivity index is 0.000000845. The van der Waals surface area contributed by atoms with Crippen molar-refractivity contribution in [2.75, 3.05) is 0 Å². The normalized spacial score (nSPS) is 12.5. The number of hydrogen-bond acceptors (Lipinski definition) is 3. The number of halogens is 1. The van der Waals surface area contributed by atoms with E-state index in [1.807, 2.05) is 19.2 Å². The summed E-state index contributed by atoms with van der Waals surface area (Å²) in [5.41, 5.74) is 7.50. The third-order valence-corrected chi connectivity index (χ3v) is 1.72. The number of hydrogen-bond donors (Lipinski definition) is 2. The predicted octanol–water partition coefficient (Wildman–Crippen LogP) is 1.40. The molecule has 1 unspecified atom stereocenters. The summed E-state index contributed by atoms with van der Waals surface area (Å²) >= 11 is 0. The van der Waals surface area contributed by atoms with Crippen LogP contribution in [-0.4, -0.2) is 15.0 Å². The van der Waals surface area contributed by atoms with E-state index in [1.54, 1.807) is 6.20 Å². The summed E-state index contributed by atoms with van der Waals surface area (Å²) in [7, 11) is 0. The SMILES string of the molecule is CC(N)c1ncc2[nH]ccc2n1.Cl. The molecule has 13 heavy (non-hydrogen) atoms. The van der Waals surface area contributed by atoms with Gasteiger partial charge in [-0.2, -0.15) is 0 Å². The lowest BCUT2D eigenvalue weighted by Crippen LogP contribution is -2.09. The fraction of sp³-hybridized carbons (Fsp3) is 0.250. The van der Waals surface area contributed by atoms with Crippen molar-refractivity contribution in [1.82, 2.24) is 15.0 Å². The molecule has 0 bridgehead atoms. The van der Waals surface area contributed by atoms with Crippen LogP contribution in [-0.2, 0) is 0 Å². The van der Waals surface area contributed by atoms with Crippen LogP contribution in [0.3, 0.4) is 0 Å². The third-order valence-electron chi connectivity index (χ3n) is 1.72. The van der Waals surface area contributed by atoms with Crippen LogP contribution in [0.15, 0.2) is 18.5 Å². The molecule has 5 heteroatoms. The van der Waals surface area contributed by atoms with E-state index in [2.05, 4.69) is 15.0 Å². The predicted molar refractivity (Wildman–Crippen MR) is 53.7 cm³/mol. The first-order valence-electron chi connectivity index (χ1n) is 3.83. The van der Waals surface area contributed by atoms with Crippen molar-refractivity contribution < 1.29 is 0 Å². The summed E-state index contributed by atoms with van der Waals surface area (Å²) in [5, 5.41) is 0. The van der Waals surface area contributed by atoms with Gasteiger partial charge >= 0.3 is 0 Å². The standard InChI is InChI=1S/C8H10N4.ClH/c1-5(9)8-11-4-7-6(12-8)2-3-10-7;/h2-5,10H,9H2,1H3;1H. The van der Waals surface area contributed by atoms with Crippen molar-refractivity contribution in [1.29, 1.82) is 0 Å². The van der Waals surface area contributed by atoms with Crippen LogP contribution in [0.4, 0.5) is 0 Å². The van der Waals surface area contributed by atoms with E-state index in [-0.39, 0.29) is 18.4 Å². The Bertz CT molecular complexity index is 396. The van der Waals surface area contributed by atoms with Crippen LogP contribution >= 0.6 is 12.4 Å². The molecule has 2 aromatic rings. The second-order valence-electron chi connectivity index (χ2n) is 2.79. The number of rotatable bonds is 1. The molecular weight excluding hydrogens is 188 g/mol. The Morgan fingerprint density at radius 3 is 3.00 bits per heavy atom. The van der Waals surface area contributed by atoms with E-state index in [1.165, 1.54) is 0 Å². The first kappa shape index (κ1) is 9.95. The number of fused-ring (bicyclic) bond motifs is 1. The molecule has 0 aliphatic heterocycles. The molecule has 2 heterocycles. The largest absolute Gasteiger partial charge is 0.359 e. The zero-order valence-electron chi connectivity index (χ0n) is 7.19. The number of H-pyrrole nitrogens is 1. The Morgan fingerprint density at radius 1 is 1.54 bits per heavy atom. The molecule has 70 valence electrons. The van der Waals surface area contributed by atoms with Gasteiger partial charge in [0.25, 0.3) is 0 Å². The minimum Gasteiger partial charge on any atom is -0.359 e. The van der Waals surface area contributed by atoms with Crippen LogP contribution in [0, 0.1) is 0 Å². The molecule has 2 rings (SSSR count). The fourth-order valence-corrected chi connectivity index (χ4v) is 1.08. The molecule has 2 aromatic heterocycles. The monoisotopic (exact) mass is 198 g/mol. The van der Waals surface area contributed by atoms with Crippen molar-refractivity contribution in [3.8, 4) is 0 Å². The molecule has 3 N–H and O–H groups in total. The maximum absolute atomic E-state index is 5.64. The first-order chi connectivity index (χ1) is 5.77. The second kappa shape index (κ2) is 3.72. The van der Waals surface area contributed by atoms with Gasteiger partial charge in [0.15, 0.2) is 0 Å². The molecule has 0 aliphatic carbocycles. The minimum absolute atomic E-state index is 0. The first-order valence-corrected chi connectivity index (χ1v) is 3.83. The summed E-state index contributed by atoms with van der Waals surface area (Å²) in [4.78, 5) is 11.4. The molecule has 0 saturated carbocycles. The molecule has 0 fully saturated rings. The molecular formula is C8H11ClN4. The van der Waals surface area contributed by atoms with Gasteiger partial charge in [-0.05, 0) is 13.0 Å². The van der Waals surface area contributed by atoms with Gasteiger partial charge in [-0.25, -0.2) is 9.97 Å². The van der Waals surface area contributed by atoms with Gasteiger partial charge in [-0.3, -0.25) is 0 Å². The summed E-state index contributed by atoms with van der Waals surface area (Å²) in [6.07, 6.45) is 3.59. The lowest BCUT2D eigenvalue weighted by Gasteiger charge is -2.01. The average molecular weight is 199 g/mol. The molecule has 0 aromatic carbocycles. The lowest BCUT2D eigenvalue weighted by molar-refractivity contribution is 0.746. The van der Waals surface area contributed by atoms with Crippen molar-refractivity contribution >= 4 is 23.4 Å². The van der Waals surface area contributed by atoms with E-state index >= 15 is 0 Å². The van der Waals surface area contributed by atoms with E-state index in [9.17, 15) is 0 Å². The lowest BCUT2D eigenvalue weighted by atomic mass is 10.3. The van der Waals surface area contributed by atoms with E-state index < -0.39 is 0 Å². The molecule has 0 saturated heterocycles. The highest BCUT2D eigenvalue weighted by molar-refractivity contribution is 5.85. The van der Waals surface area contributed by atoms with Crippen molar-refractivity contribution in [2.24, 2.45) is 5.73 Å². The number of aromatic amines is 1.